The van der Waals surface area contributed by atoms with Gasteiger partial charge in [0.25, 0.3) is 0 Å². The fourth-order valence-corrected chi connectivity index (χ4v) is 10.7. The Labute approximate surface area is 270 Å². The van der Waals surface area contributed by atoms with Gasteiger partial charge in [-0.3, -0.25) is 4.79 Å². The van der Waals surface area contributed by atoms with Gasteiger partial charge in [-0.25, -0.2) is 4.79 Å². The number of nitrogens with one attached hydrogen (secondary N) is 1. The highest BCUT2D eigenvalue weighted by molar-refractivity contribution is 5.93. The molecule has 4 heterocycles. The average Bonchev–Trinajstić information content (AvgIpc) is 3.53. The molecule has 2 aliphatic carbocycles. The van der Waals surface area contributed by atoms with E-state index >= 15 is 0 Å². The lowest BCUT2D eigenvalue weighted by Crippen LogP contribution is -2.72. The lowest BCUT2D eigenvalue weighted by Gasteiger charge is -2.64. The van der Waals surface area contributed by atoms with Crippen molar-refractivity contribution in [3.05, 3.63) is 47.9 Å². The molecule has 1 spiro atoms. The summed E-state index contributed by atoms with van der Waals surface area (Å²) in [5.74, 6) is 0.673. The van der Waals surface area contributed by atoms with Crippen LogP contribution in [0.3, 0.4) is 0 Å². The number of ether oxygens (including phenoxy) is 5. The lowest BCUT2D eigenvalue weighted by atomic mass is 9.37. The molecule has 10 heteroatoms. The van der Waals surface area contributed by atoms with Crippen molar-refractivity contribution in [3.8, 4) is 11.5 Å². The van der Waals surface area contributed by atoms with Gasteiger partial charge in [-0.15, -0.1) is 0 Å². The number of rotatable bonds is 10. The van der Waals surface area contributed by atoms with E-state index in [1.54, 1.807) is 26.7 Å². The smallest absolute Gasteiger partial charge is 0.339 e. The van der Waals surface area contributed by atoms with Gasteiger partial charge in [0.05, 0.1) is 50.5 Å². The number of aliphatic hydroxyl groups excluding tert-OH is 1. The van der Waals surface area contributed by atoms with Gasteiger partial charge >= 0.3 is 5.97 Å². The molecule has 3 aliphatic heterocycles. The summed E-state index contributed by atoms with van der Waals surface area (Å²) in [6, 6.07) is 7.78. The van der Waals surface area contributed by atoms with E-state index in [9.17, 15) is 14.7 Å². The molecule has 2 unspecified atom stereocenters. The molecule has 9 atom stereocenters. The molecular weight excluding hydrogens is 590 g/mol. The molecule has 0 amide bonds. The Bertz CT molecular complexity index is 1510. The van der Waals surface area contributed by atoms with Gasteiger partial charge in [0, 0.05) is 28.7 Å². The maximum atomic E-state index is 14.6. The van der Waals surface area contributed by atoms with Crippen LogP contribution in [0.15, 0.2) is 41.2 Å². The number of epoxide rings is 1. The number of hydrogen-bond donors (Lipinski definition) is 2. The second kappa shape index (κ2) is 10.8. The number of carbonyl (C=O) groups is 2. The van der Waals surface area contributed by atoms with Gasteiger partial charge in [0.2, 0.25) is 0 Å². The minimum atomic E-state index is -1.03. The number of furan rings is 1. The second-order valence-electron chi connectivity index (χ2n) is 15.0. The number of hydrogen-bond acceptors (Lipinski definition) is 10. The van der Waals surface area contributed by atoms with Gasteiger partial charge in [0.1, 0.15) is 17.5 Å². The maximum Gasteiger partial charge on any atom is 0.339 e. The maximum absolute atomic E-state index is 14.6. The molecule has 2 N–H and O–H groups in total. The fraction of sp³-hybridized carbons (Fsp3) is 0.667. The fourth-order valence-electron chi connectivity index (χ4n) is 10.7. The summed E-state index contributed by atoms with van der Waals surface area (Å²) in [6.45, 7) is 9.55. The number of methoxy groups -OCH3 is 2. The van der Waals surface area contributed by atoms with Crippen LogP contribution in [0.25, 0.3) is 0 Å². The number of benzene rings is 1. The molecule has 10 nitrogen and oxygen atoms in total. The minimum absolute atomic E-state index is 0.0889. The van der Waals surface area contributed by atoms with E-state index < -0.39 is 45.6 Å². The van der Waals surface area contributed by atoms with Crippen LogP contribution in [-0.4, -0.2) is 74.2 Å². The Hall–Kier alpha value is -2.92. The topological polar surface area (TPSA) is 129 Å². The van der Waals surface area contributed by atoms with Crippen LogP contribution in [0.2, 0.25) is 0 Å². The van der Waals surface area contributed by atoms with Crippen molar-refractivity contribution >= 4 is 11.8 Å². The lowest BCUT2D eigenvalue weighted by molar-refractivity contribution is -0.217. The van der Waals surface area contributed by atoms with Gasteiger partial charge in [-0.2, -0.15) is 0 Å². The number of aliphatic hydroxyl groups is 1. The highest BCUT2D eigenvalue weighted by Crippen LogP contribution is 2.79. The molecule has 3 saturated heterocycles. The largest absolute Gasteiger partial charge is 0.493 e. The van der Waals surface area contributed by atoms with Crippen molar-refractivity contribution in [3.63, 3.8) is 0 Å². The first-order valence-corrected chi connectivity index (χ1v) is 16.6. The van der Waals surface area contributed by atoms with Crippen LogP contribution < -0.4 is 14.8 Å². The Balaban J connectivity index is 1.15. The number of Topliss-reactive ketones (excluding diaryl/α,β-unsaturated/α-hetero) is 1. The summed E-state index contributed by atoms with van der Waals surface area (Å²) in [6.07, 6.45) is 4.63. The third-order valence-corrected chi connectivity index (χ3v) is 12.8. The van der Waals surface area contributed by atoms with Crippen LogP contribution in [-0.2, 0) is 30.2 Å². The minimum Gasteiger partial charge on any atom is -0.493 e. The number of esters is 1. The van der Waals surface area contributed by atoms with Crippen LogP contribution >= 0.6 is 0 Å². The number of carbonyl (C=O) groups excluding carboxylic acids is 2. The molecule has 2 saturated carbocycles. The summed E-state index contributed by atoms with van der Waals surface area (Å²) in [4.78, 5) is 28.0. The van der Waals surface area contributed by atoms with Crippen LogP contribution in [0.1, 0.15) is 70.6 Å². The molecule has 0 bridgehead atoms. The first-order valence-electron chi connectivity index (χ1n) is 16.6. The van der Waals surface area contributed by atoms with Gasteiger partial charge in [-0.1, -0.05) is 13.0 Å². The standard InChI is InChI=1S/C36H47NO9/c1-32(2)26-18-27(39)34(4)25(9-13-33(3)29(22-12-16-43-19-22)44-31(40)30-36(33,34)46-30)35(26,20-38)28(45-32)11-15-37-14-10-21-7-8-23(41-5)24(17-21)42-6/h7-8,12,16-17,19,25-26,28-30,37-38H,9-11,13-15,18,20H2,1-6H3/t25-,26-,28?,29-,30+,33-,34-,35?,36+/m0/s1. The zero-order valence-electron chi connectivity index (χ0n) is 27.7. The zero-order chi connectivity index (χ0) is 32.7. The number of cyclic esters (lactones) is 1. The SMILES string of the molecule is COc1ccc(CCNCCC2OC(C)(C)[C@@H]3CC(=O)[C@]4(C)[C@H](CC[C@@]5(C)[C@H](c6ccoc6)OC(=O)[C@H]6O[C@]654)C23CO)cc1OC. The van der Waals surface area contributed by atoms with E-state index in [2.05, 4.69) is 26.1 Å². The van der Waals surface area contributed by atoms with Crippen molar-refractivity contribution in [1.29, 1.82) is 0 Å². The van der Waals surface area contributed by atoms with Gasteiger partial charge in [0.15, 0.2) is 17.6 Å². The van der Waals surface area contributed by atoms with Crippen LogP contribution in [0.4, 0.5) is 0 Å². The van der Waals surface area contributed by atoms with E-state index in [-0.39, 0.29) is 36.8 Å². The molecule has 5 aliphatic rings. The van der Waals surface area contributed by atoms with Gasteiger partial charge < -0.3 is 38.5 Å². The Morgan fingerprint density at radius 3 is 2.46 bits per heavy atom. The number of ketones is 1. The van der Waals surface area contributed by atoms with Crippen molar-refractivity contribution in [2.75, 3.05) is 33.9 Å². The molecule has 0 radical (unpaired) electrons. The van der Waals surface area contributed by atoms with Gasteiger partial charge in [-0.05, 0) is 89.2 Å². The first-order chi connectivity index (χ1) is 21.9. The third-order valence-electron chi connectivity index (χ3n) is 12.8. The predicted molar refractivity (Wildman–Crippen MR) is 166 cm³/mol. The summed E-state index contributed by atoms with van der Waals surface area (Å²) < 4.78 is 35.5. The van der Waals surface area contributed by atoms with E-state index in [0.29, 0.717) is 37.3 Å². The second-order valence-corrected chi connectivity index (χ2v) is 15.0. The van der Waals surface area contributed by atoms with E-state index in [0.717, 1.165) is 24.1 Å². The highest BCUT2D eigenvalue weighted by atomic mass is 16.7. The molecule has 250 valence electrons. The first kappa shape index (κ1) is 31.7. The number of fused-ring (bicyclic) bond motifs is 3. The van der Waals surface area contributed by atoms with Crippen LogP contribution in [0, 0.1) is 28.1 Å². The summed E-state index contributed by atoms with van der Waals surface area (Å²) in [7, 11) is 3.26. The molecular formula is C36H47NO9. The molecule has 46 heavy (non-hydrogen) atoms. The van der Waals surface area contributed by atoms with Crippen molar-refractivity contribution < 1.29 is 42.8 Å². The van der Waals surface area contributed by atoms with Crippen molar-refractivity contribution in [2.45, 2.75) is 89.3 Å². The Kier molecular flexibility index (Phi) is 7.44. The summed E-state index contributed by atoms with van der Waals surface area (Å²) in [5, 5.41) is 15.1. The summed E-state index contributed by atoms with van der Waals surface area (Å²) >= 11 is 0. The average molecular weight is 638 g/mol. The highest BCUT2D eigenvalue weighted by Gasteiger charge is 2.89. The van der Waals surface area contributed by atoms with E-state index in [4.69, 9.17) is 28.1 Å². The van der Waals surface area contributed by atoms with E-state index in [1.165, 1.54) is 0 Å². The van der Waals surface area contributed by atoms with Crippen molar-refractivity contribution in [1.82, 2.24) is 5.32 Å². The van der Waals surface area contributed by atoms with E-state index in [1.807, 2.05) is 31.2 Å². The molecule has 5 fully saturated rings. The Morgan fingerprint density at radius 1 is 0.978 bits per heavy atom. The molecule has 1 aromatic heterocycles. The van der Waals surface area contributed by atoms with Crippen molar-refractivity contribution in [2.24, 2.45) is 28.1 Å². The molecule has 1 aromatic carbocycles. The molecule has 7 rings (SSSR count). The Morgan fingerprint density at radius 2 is 1.76 bits per heavy atom. The third kappa shape index (κ3) is 4.02. The van der Waals surface area contributed by atoms with Crippen LogP contribution in [0.5, 0.6) is 11.5 Å². The quantitative estimate of drug-likeness (QED) is 0.219. The molecule has 2 aromatic rings. The summed E-state index contributed by atoms with van der Waals surface area (Å²) in [5.41, 5.74) is -2.04. The zero-order valence-corrected chi connectivity index (χ0v) is 27.7. The predicted octanol–water partition coefficient (Wildman–Crippen LogP) is 4.42. The normalized spacial score (nSPS) is 40.3. The monoisotopic (exact) mass is 637 g/mol.